The quantitative estimate of drug-likeness (QED) is 0.897. The largest absolute Gasteiger partial charge is 0.379 e. The van der Waals surface area contributed by atoms with Crippen molar-refractivity contribution >= 4 is 5.69 Å². The molecule has 1 aromatic heterocycles. The molecule has 102 valence electrons. The molecular weight excluding hydrogens is 234 g/mol. The molecular formula is C16H23N3. The van der Waals surface area contributed by atoms with Crippen LogP contribution in [0.1, 0.15) is 42.3 Å². The number of rotatable bonds is 4. The summed E-state index contributed by atoms with van der Waals surface area (Å²) >= 11 is 0. The molecule has 0 radical (unpaired) electrons. The molecule has 3 heteroatoms. The maximum Gasteiger partial charge on any atom is 0.0951 e. The first-order valence-corrected chi connectivity index (χ1v) is 6.81. The van der Waals surface area contributed by atoms with Gasteiger partial charge in [0.05, 0.1) is 18.6 Å². The van der Waals surface area contributed by atoms with Crippen molar-refractivity contribution in [2.75, 3.05) is 5.32 Å². The lowest BCUT2D eigenvalue weighted by atomic mass is 10.1. The number of imidazole rings is 1. The number of hydrogen-bond donors (Lipinski definition) is 1. The molecule has 1 N–H and O–H groups in total. The molecule has 0 atom stereocenters. The molecule has 0 bridgehead atoms. The highest BCUT2D eigenvalue weighted by Crippen LogP contribution is 2.22. The van der Waals surface area contributed by atoms with Gasteiger partial charge in [0.15, 0.2) is 0 Å². The van der Waals surface area contributed by atoms with Crippen molar-refractivity contribution in [2.24, 2.45) is 0 Å². The number of benzene rings is 1. The highest BCUT2D eigenvalue weighted by atomic mass is 15.1. The summed E-state index contributed by atoms with van der Waals surface area (Å²) < 4.78 is 2.20. The third-order valence-corrected chi connectivity index (χ3v) is 3.43. The summed E-state index contributed by atoms with van der Waals surface area (Å²) in [6.45, 7) is 11.6. The Balaban J connectivity index is 2.17. The number of aryl methyl sites for hydroxylation is 3. The first-order chi connectivity index (χ1) is 8.99. The van der Waals surface area contributed by atoms with Crippen LogP contribution in [0.4, 0.5) is 5.69 Å². The molecule has 2 rings (SSSR count). The molecule has 0 saturated heterocycles. The van der Waals surface area contributed by atoms with Crippen molar-refractivity contribution in [3.63, 3.8) is 0 Å². The molecule has 0 fully saturated rings. The standard InChI is InChI=1S/C16H23N3/c1-11(2)19-10-17-8-15(19)9-18-16-13(4)6-12(3)7-14(16)5/h6-8,10-11,18H,9H2,1-5H3. The molecule has 2 aromatic rings. The van der Waals surface area contributed by atoms with Gasteiger partial charge in [-0.15, -0.1) is 0 Å². The van der Waals surface area contributed by atoms with Crippen LogP contribution in [0.2, 0.25) is 0 Å². The van der Waals surface area contributed by atoms with Gasteiger partial charge in [-0.1, -0.05) is 17.7 Å². The number of hydrogen-bond acceptors (Lipinski definition) is 2. The normalized spacial score (nSPS) is 11.1. The lowest BCUT2D eigenvalue weighted by Crippen LogP contribution is -2.10. The van der Waals surface area contributed by atoms with Crippen molar-refractivity contribution in [2.45, 2.75) is 47.2 Å². The summed E-state index contributed by atoms with van der Waals surface area (Å²) in [5, 5.41) is 3.55. The van der Waals surface area contributed by atoms with Crippen molar-refractivity contribution in [3.8, 4) is 0 Å². The van der Waals surface area contributed by atoms with Crippen LogP contribution in [0.15, 0.2) is 24.7 Å². The van der Waals surface area contributed by atoms with Gasteiger partial charge in [-0.2, -0.15) is 0 Å². The Morgan fingerprint density at radius 2 is 1.79 bits per heavy atom. The fraction of sp³-hybridized carbons (Fsp3) is 0.438. The van der Waals surface area contributed by atoms with Gasteiger partial charge < -0.3 is 9.88 Å². The monoisotopic (exact) mass is 257 g/mol. The number of nitrogens with zero attached hydrogens (tertiary/aromatic N) is 2. The molecule has 0 aliphatic heterocycles. The molecule has 1 aromatic carbocycles. The Kier molecular flexibility index (Phi) is 3.93. The third-order valence-electron chi connectivity index (χ3n) is 3.43. The number of aromatic nitrogens is 2. The van der Waals surface area contributed by atoms with Crippen molar-refractivity contribution in [3.05, 3.63) is 47.0 Å². The molecule has 1 heterocycles. The zero-order valence-electron chi connectivity index (χ0n) is 12.5. The Hall–Kier alpha value is -1.77. The molecule has 0 amide bonds. The van der Waals surface area contributed by atoms with Crippen molar-refractivity contribution < 1.29 is 0 Å². The Bertz CT molecular complexity index is 544. The average Bonchev–Trinajstić information content (AvgIpc) is 2.75. The van der Waals surface area contributed by atoms with Crippen LogP contribution in [0.3, 0.4) is 0 Å². The second-order valence-corrected chi connectivity index (χ2v) is 5.51. The first kappa shape index (κ1) is 13.7. The molecule has 0 aliphatic carbocycles. The van der Waals surface area contributed by atoms with E-state index in [2.05, 4.69) is 61.6 Å². The van der Waals surface area contributed by atoms with Crippen molar-refractivity contribution in [1.29, 1.82) is 0 Å². The van der Waals surface area contributed by atoms with E-state index in [9.17, 15) is 0 Å². The van der Waals surface area contributed by atoms with Gasteiger partial charge >= 0.3 is 0 Å². The Morgan fingerprint density at radius 1 is 1.16 bits per heavy atom. The van der Waals surface area contributed by atoms with Crippen LogP contribution in [-0.4, -0.2) is 9.55 Å². The minimum atomic E-state index is 0.444. The van der Waals surface area contributed by atoms with E-state index in [0.717, 1.165) is 6.54 Å². The van der Waals surface area contributed by atoms with E-state index in [0.29, 0.717) is 6.04 Å². The average molecular weight is 257 g/mol. The van der Waals surface area contributed by atoms with Crippen LogP contribution in [0.25, 0.3) is 0 Å². The second kappa shape index (κ2) is 5.47. The summed E-state index contributed by atoms with van der Waals surface area (Å²) in [6, 6.07) is 4.88. The lowest BCUT2D eigenvalue weighted by molar-refractivity contribution is 0.577. The lowest BCUT2D eigenvalue weighted by Gasteiger charge is -2.16. The SMILES string of the molecule is Cc1cc(C)c(NCc2cncn2C(C)C)c(C)c1. The van der Waals surface area contributed by atoms with Crippen LogP contribution < -0.4 is 5.32 Å². The summed E-state index contributed by atoms with van der Waals surface area (Å²) in [5.41, 5.74) is 6.37. The van der Waals surface area contributed by atoms with Gasteiger partial charge in [-0.3, -0.25) is 0 Å². The maximum absolute atomic E-state index is 4.24. The van der Waals surface area contributed by atoms with E-state index in [-0.39, 0.29) is 0 Å². The molecule has 19 heavy (non-hydrogen) atoms. The van der Waals surface area contributed by atoms with Crippen LogP contribution in [0, 0.1) is 20.8 Å². The fourth-order valence-corrected chi connectivity index (χ4v) is 2.57. The van der Waals surface area contributed by atoms with Crippen LogP contribution in [0.5, 0.6) is 0 Å². The van der Waals surface area contributed by atoms with E-state index in [1.165, 1.54) is 28.1 Å². The minimum absolute atomic E-state index is 0.444. The van der Waals surface area contributed by atoms with E-state index >= 15 is 0 Å². The molecule has 0 unspecified atom stereocenters. The smallest absolute Gasteiger partial charge is 0.0951 e. The third kappa shape index (κ3) is 2.98. The Morgan fingerprint density at radius 3 is 2.37 bits per heavy atom. The highest BCUT2D eigenvalue weighted by molar-refractivity contribution is 5.58. The summed E-state index contributed by atoms with van der Waals surface area (Å²) in [7, 11) is 0. The van der Waals surface area contributed by atoms with E-state index in [1.54, 1.807) is 0 Å². The molecule has 0 aliphatic rings. The number of anilines is 1. The van der Waals surface area contributed by atoms with Gasteiger partial charge in [0, 0.05) is 17.9 Å². The van der Waals surface area contributed by atoms with Gasteiger partial charge in [-0.05, 0) is 45.7 Å². The predicted molar refractivity (Wildman–Crippen MR) is 80.6 cm³/mol. The summed E-state index contributed by atoms with van der Waals surface area (Å²) in [5.74, 6) is 0. The first-order valence-electron chi connectivity index (χ1n) is 6.81. The van der Waals surface area contributed by atoms with E-state index in [4.69, 9.17) is 0 Å². The van der Waals surface area contributed by atoms with Gasteiger partial charge in [-0.25, -0.2) is 4.98 Å². The van der Waals surface area contributed by atoms with Gasteiger partial charge in [0.1, 0.15) is 0 Å². The topological polar surface area (TPSA) is 29.9 Å². The number of nitrogens with one attached hydrogen (secondary N) is 1. The zero-order chi connectivity index (χ0) is 14.0. The minimum Gasteiger partial charge on any atom is -0.379 e. The van der Waals surface area contributed by atoms with E-state index in [1.807, 2.05) is 12.5 Å². The molecule has 0 saturated carbocycles. The Labute approximate surface area is 115 Å². The highest BCUT2D eigenvalue weighted by Gasteiger charge is 2.07. The fourth-order valence-electron chi connectivity index (χ4n) is 2.57. The van der Waals surface area contributed by atoms with Crippen LogP contribution in [-0.2, 0) is 6.54 Å². The second-order valence-electron chi connectivity index (χ2n) is 5.51. The zero-order valence-corrected chi connectivity index (χ0v) is 12.5. The van der Waals surface area contributed by atoms with E-state index < -0.39 is 0 Å². The predicted octanol–water partition coefficient (Wildman–Crippen LogP) is 4.00. The van der Waals surface area contributed by atoms with Crippen LogP contribution >= 0.6 is 0 Å². The summed E-state index contributed by atoms with van der Waals surface area (Å²) in [6.07, 6.45) is 3.84. The van der Waals surface area contributed by atoms with Gasteiger partial charge in [0.25, 0.3) is 0 Å². The maximum atomic E-state index is 4.24. The molecule has 0 spiro atoms. The summed E-state index contributed by atoms with van der Waals surface area (Å²) in [4.78, 5) is 4.24. The van der Waals surface area contributed by atoms with Gasteiger partial charge in [0.2, 0.25) is 0 Å². The molecule has 3 nitrogen and oxygen atoms in total. The van der Waals surface area contributed by atoms with Crippen molar-refractivity contribution in [1.82, 2.24) is 9.55 Å².